The van der Waals surface area contributed by atoms with Crippen molar-refractivity contribution in [1.29, 1.82) is 0 Å². The minimum absolute atomic E-state index is 0.241. The molecule has 0 radical (unpaired) electrons. The highest BCUT2D eigenvalue weighted by atomic mass is 16.1. The molecule has 0 saturated carbocycles. The van der Waals surface area contributed by atoms with Crippen LogP contribution in [0.2, 0.25) is 0 Å². The van der Waals surface area contributed by atoms with Gasteiger partial charge in [-0.2, -0.15) is 0 Å². The first kappa shape index (κ1) is 22.8. The second-order valence-corrected chi connectivity index (χ2v) is 9.37. The molecule has 0 bridgehead atoms. The number of piperidine rings is 1. The van der Waals surface area contributed by atoms with Gasteiger partial charge in [-0.05, 0) is 55.8 Å². The molecule has 4 nitrogen and oxygen atoms in total. The van der Waals surface area contributed by atoms with Crippen LogP contribution in [0.25, 0.3) is 6.08 Å². The molecule has 4 heteroatoms. The number of amides is 1. The third kappa shape index (κ3) is 7.32. The van der Waals surface area contributed by atoms with Crippen molar-refractivity contribution in [2.24, 2.45) is 5.92 Å². The van der Waals surface area contributed by atoms with Crippen LogP contribution in [0.15, 0.2) is 66.7 Å². The summed E-state index contributed by atoms with van der Waals surface area (Å²) in [6, 6.07) is 21.4. The number of carbonyl (C=O) groups excluding carboxylic acids is 1. The Kier molecular flexibility index (Phi) is 8.52. The SMILES string of the molecule is O=C(CCC1CCN(C/C=C/c2ccccc2)CC1)NC1CCN(Cc2ccccc2)C1. The van der Waals surface area contributed by atoms with E-state index in [0.29, 0.717) is 18.4 Å². The van der Waals surface area contributed by atoms with Crippen molar-refractivity contribution >= 4 is 12.0 Å². The average Bonchev–Trinajstić information content (AvgIpc) is 3.26. The van der Waals surface area contributed by atoms with Crippen LogP contribution < -0.4 is 5.32 Å². The van der Waals surface area contributed by atoms with Crippen LogP contribution in [0.3, 0.4) is 0 Å². The van der Waals surface area contributed by atoms with Crippen molar-refractivity contribution < 1.29 is 4.79 Å². The van der Waals surface area contributed by atoms with E-state index in [2.05, 4.69) is 87.9 Å². The number of rotatable bonds is 9. The lowest BCUT2D eigenvalue weighted by molar-refractivity contribution is -0.122. The minimum atomic E-state index is 0.241. The zero-order chi connectivity index (χ0) is 22.0. The fraction of sp³-hybridized carbons (Fsp3) is 0.464. The number of benzene rings is 2. The van der Waals surface area contributed by atoms with Gasteiger partial charge in [0.05, 0.1) is 0 Å². The molecule has 2 heterocycles. The second-order valence-electron chi connectivity index (χ2n) is 9.37. The summed E-state index contributed by atoms with van der Waals surface area (Å²) in [4.78, 5) is 17.5. The predicted molar refractivity (Wildman–Crippen MR) is 132 cm³/mol. The number of nitrogens with one attached hydrogen (secondary N) is 1. The van der Waals surface area contributed by atoms with Crippen molar-refractivity contribution in [3.8, 4) is 0 Å². The molecule has 170 valence electrons. The fourth-order valence-electron chi connectivity index (χ4n) is 4.93. The van der Waals surface area contributed by atoms with E-state index < -0.39 is 0 Å². The van der Waals surface area contributed by atoms with Gasteiger partial charge in [0.15, 0.2) is 0 Å². The molecule has 0 spiro atoms. The monoisotopic (exact) mass is 431 g/mol. The number of likely N-dealkylation sites (tertiary alicyclic amines) is 2. The second kappa shape index (κ2) is 12.0. The smallest absolute Gasteiger partial charge is 0.220 e. The zero-order valence-electron chi connectivity index (χ0n) is 19.2. The Morgan fingerprint density at radius 3 is 2.34 bits per heavy atom. The van der Waals surface area contributed by atoms with E-state index in [1.165, 1.54) is 24.0 Å². The highest BCUT2D eigenvalue weighted by molar-refractivity contribution is 5.76. The normalized spacial score (nSPS) is 20.7. The first-order valence-electron chi connectivity index (χ1n) is 12.2. The van der Waals surface area contributed by atoms with Gasteiger partial charge in [0.25, 0.3) is 0 Å². The van der Waals surface area contributed by atoms with E-state index in [-0.39, 0.29) is 5.91 Å². The fourth-order valence-corrected chi connectivity index (χ4v) is 4.93. The quantitative estimate of drug-likeness (QED) is 0.631. The summed E-state index contributed by atoms with van der Waals surface area (Å²) in [5.41, 5.74) is 2.61. The van der Waals surface area contributed by atoms with Crippen molar-refractivity contribution in [2.45, 2.75) is 44.7 Å². The van der Waals surface area contributed by atoms with E-state index >= 15 is 0 Å². The van der Waals surface area contributed by atoms with E-state index in [1.54, 1.807) is 0 Å². The highest BCUT2D eigenvalue weighted by Crippen LogP contribution is 2.22. The lowest BCUT2D eigenvalue weighted by Gasteiger charge is -2.31. The maximum Gasteiger partial charge on any atom is 0.220 e. The Balaban J connectivity index is 1.08. The van der Waals surface area contributed by atoms with Crippen molar-refractivity contribution in [2.75, 3.05) is 32.7 Å². The Bertz CT molecular complexity index is 843. The topological polar surface area (TPSA) is 35.6 Å². The molecule has 2 aliphatic heterocycles. The summed E-state index contributed by atoms with van der Waals surface area (Å²) in [6.07, 6.45) is 9.66. The molecule has 2 fully saturated rings. The third-order valence-corrected chi connectivity index (χ3v) is 6.85. The van der Waals surface area contributed by atoms with Gasteiger partial charge in [0, 0.05) is 38.6 Å². The standard InChI is InChI=1S/C28H37N3O/c32-28(29-27-17-21-31(23-27)22-26-10-5-2-6-11-26)14-13-25-15-19-30(20-16-25)18-7-12-24-8-3-1-4-9-24/h1-12,25,27H,13-23H2,(H,29,32)/b12-7+. The maximum atomic E-state index is 12.5. The zero-order valence-corrected chi connectivity index (χ0v) is 19.2. The van der Waals surface area contributed by atoms with Crippen molar-refractivity contribution in [1.82, 2.24) is 15.1 Å². The summed E-state index contributed by atoms with van der Waals surface area (Å²) < 4.78 is 0. The van der Waals surface area contributed by atoms with Crippen LogP contribution >= 0.6 is 0 Å². The molecule has 1 unspecified atom stereocenters. The molecular weight excluding hydrogens is 394 g/mol. The lowest BCUT2D eigenvalue weighted by atomic mass is 9.92. The summed E-state index contributed by atoms with van der Waals surface area (Å²) in [7, 11) is 0. The average molecular weight is 432 g/mol. The van der Waals surface area contributed by atoms with Gasteiger partial charge in [-0.15, -0.1) is 0 Å². The molecule has 2 aromatic rings. The number of hydrogen-bond acceptors (Lipinski definition) is 3. The van der Waals surface area contributed by atoms with Crippen molar-refractivity contribution in [3.63, 3.8) is 0 Å². The van der Waals surface area contributed by atoms with Crippen LogP contribution in [-0.4, -0.2) is 54.5 Å². The van der Waals surface area contributed by atoms with E-state index in [9.17, 15) is 4.79 Å². The minimum Gasteiger partial charge on any atom is -0.352 e. The Morgan fingerprint density at radius 2 is 1.59 bits per heavy atom. The van der Waals surface area contributed by atoms with Crippen molar-refractivity contribution in [3.05, 3.63) is 77.9 Å². The summed E-state index contributed by atoms with van der Waals surface area (Å²) in [5.74, 6) is 0.929. The van der Waals surface area contributed by atoms with Gasteiger partial charge in [-0.25, -0.2) is 0 Å². The Hall–Kier alpha value is -2.43. The van der Waals surface area contributed by atoms with Gasteiger partial charge in [0.1, 0.15) is 0 Å². The van der Waals surface area contributed by atoms with E-state index in [0.717, 1.165) is 52.1 Å². The van der Waals surface area contributed by atoms with Crippen LogP contribution in [0, 0.1) is 5.92 Å². The van der Waals surface area contributed by atoms with Gasteiger partial charge in [0.2, 0.25) is 5.91 Å². The molecule has 2 saturated heterocycles. The highest BCUT2D eigenvalue weighted by Gasteiger charge is 2.24. The van der Waals surface area contributed by atoms with E-state index in [1.807, 2.05) is 0 Å². The maximum absolute atomic E-state index is 12.5. The Labute approximate surface area is 193 Å². The largest absolute Gasteiger partial charge is 0.352 e. The summed E-state index contributed by atoms with van der Waals surface area (Å²) >= 11 is 0. The number of nitrogens with zero attached hydrogens (tertiary/aromatic N) is 2. The first-order chi connectivity index (χ1) is 15.7. The third-order valence-electron chi connectivity index (χ3n) is 6.85. The first-order valence-corrected chi connectivity index (χ1v) is 12.2. The molecule has 1 amide bonds. The molecular formula is C28H37N3O. The molecule has 0 aliphatic carbocycles. The molecule has 0 aromatic heterocycles. The van der Waals surface area contributed by atoms with Crippen LogP contribution in [0.4, 0.5) is 0 Å². The molecule has 1 N–H and O–H groups in total. The lowest BCUT2D eigenvalue weighted by Crippen LogP contribution is -2.37. The van der Waals surface area contributed by atoms with Gasteiger partial charge in [-0.1, -0.05) is 72.8 Å². The molecule has 32 heavy (non-hydrogen) atoms. The predicted octanol–water partition coefficient (Wildman–Crippen LogP) is 4.58. The number of hydrogen-bond donors (Lipinski definition) is 1. The van der Waals surface area contributed by atoms with Gasteiger partial charge in [-0.3, -0.25) is 14.6 Å². The van der Waals surface area contributed by atoms with Crippen LogP contribution in [0.1, 0.15) is 43.2 Å². The van der Waals surface area contributed by atoms with Gasteiger partial charge < -0.3 is 5.32 Å². The molecule has 4 rings (SSSR count). The molecule has 2 aromatic carbocycles. The van der Waals surface area contributed by atoms with Crippen LogP contribution in [-0.2, 0) is 11.3 Å². The van der Waals surface area contributed by atoms with E-state index in [4.69, 9.17) is 0 Å². The molecule has 1 atom stereocenters. The van der Waals surface area contributed by atoms with Gasteiger partial charge >= 0.3 is 0 Å². The molecule has 2 aliphatic rings. The Morgan fingerprint density at radius 1 is 0.906 bits per heavy atom. The van der Waals surface area contributed by atoms with Crippen LogP contribution in [0.5, 0.6) is 0 Å². The number of carbonyl (C=O) groups is 1. The summed E-state index contributed by atoms with van der Waals surface area (Å²) in [5, 5.41) is 3.29. The summed E-state index contributed by atoms with van der Waals surface area (Å²) in [6.45, 7) is 6.31.